The first-order valence-corrected chi connectivity index (χ1v) is 12.2. The van der Waals surface area contributed by atoms with Crippen LogP contribution in [0.4, 0.5) is 5.69 Å². The third kappa shape index (κ3) is 6.41. The van der Waals surface area contributed by atoms with E-state index in [1.165, 1.54) is 0 Å². The van der Waals surface area contributed by atoms with E-state index >= 15 is 0 Å². The summed E-state index contributed by atoms with van der Waals surface area (Å²) in [7, 11) is 1.56. The highest BCUT2D eigenvalue weighted by molar-refractivity contribution is 5.94. The van der Waals surface area contributed by atoms with Crippen molar-refractivity contribution >= 4 is 28.7 Å². The number of carbonyl (C=O) groups excluding carboxylic acids is 2. The molecule has 36 heavy (non-hydrogen) atoms. The van der Waals surface area contributed by atoms with E-state index in [1.807, 2.05) is 43.5 Å². The normalized spacial score (nSPS) is 14.7. The van der Waals surface area contributed by atoms with Crippen molar-refractivity contribution in [2.45, 2.75) is 26.4 Å². The molecule has 9 heteroatoms. The molecule has 192 valence electrons. The van der Waals surface area contributed by atoms with Gasteiger partial charge in [-0.25, -0.2) is 9.78 Å². The SMILES string of the molecule is COCCOC(=O)c1ccc2c(c1)ncn2-c1cccc(N2CCN(CC(=O)OC(C)(C)C)CC2)c1. The Balaban J connectivity index is 1.42. The Morgan fingerprint density at radius 1 is 0.972 bits per heavy atom. The number of methoxy groups -OCH3 is 1. The summed E-state index contributed by atoms with van der Waals surface area (Å²) in [6.07, 6.45) is 1.77. The standard InChI is InChI=1S/C27H34N4O5/c1-27(2,3)36-25(32)18-29-10-12-30(13-11-29)21-6-5-7-22(17-21)31-19-28-23-16-20(8-9-24(23)31)26(33)35-15-14-34-4/h5-9,16-17,19H,10-15,18H2,1-4H3. The lowest BCUT2D eigenvalue weighted by Gasteiger charge is -2.36. The lowest BCUT2D eigenvalue weighted by Crippen LogP contribution is -2.48. The fourth-order valence-corrected chi connectivity index (χ4v) is 4.21. The fourth-order valence-electron chi connectivity index (χ4n) is 4.21. The monoisotopic (exact) mass is 494 g/mol. The van der Waals surface area contributed by atoms with Crippen molar-refractivity contribution in [2.75, 3.05) is 57.9 Å². The van der Waals surface area contributed by atoms with Gasteiger partial charge in [-0.15, -0.1) is 0 Å². The van der Waals surface area contributed by atoms with Gasteiger partial charge in [-0.2, -0.15) is 0 Å². The first-order valence-electron chi connectivity index (χ1n) is 12.2. The Kier molecular flexibility index (Phi) is 7.91. The second kappa shape index (κ2) is 11.1. The molecule has 0 bridgehead atoms. The number of piperazine rings is 1. The summed E-state index contributed by atoms with van der Waals surface area (Å²) in [4.78, 5) is 33.4. The molecular weight excluding hydrogens is 460 g/mol. The molecule has 1 aliphatic heterocycles. The van der Waals surface area contributed by atoms with Gasteiger partial charge in [-0.05, 0) is 57.2 Å². The second-order valence-corrected chi connectivity index (χ2v) is 9.82. The Morgan fingerprint density at radius 2 is 1.72 bits per heavy atom. The minimum absolute atomic E-state index is 0.184. The zero-order valence-electron chi connectivity index (χ0n) is 21.4. The van der Waals surface area contributed by atoms with Crippen molar-refractivity contribution in [3.8, 4) is 5.69 Å². The van der Waals surface area contributed by atoms with E-state index in [9.17, 15) is 9.59 Å². The summed E-state index contributed by atoms with van der Waals surface area (Å²) >= 11 is 0. The molecule has 2 aromatic carbocycles. The molecule has 1 fully saturated rings. The molecular formula is C27H34N4O5. The van der Waals surface area contributed by atoms with Crippen LogP contribution in [0.5, 0.6) is 0 Å². The molecule has 0 amide bonds. The van der Waals surface area contributed by atoms with E-state index in [0.29, 0.717) is 18.7 Å². The summed E-state index contributed by atoms with van der Waals surface area (Å²) < 4.78 is 17.6. The minimum Gasteiger partial charge on any atom is -0.460 e. The molecule has 0 N–H and O–H groups in total. The number of rotatable bonds is 8. The zero-order chi connectivity index (χ0) is 25.7. The maximum absolute atomic E-state index is 12.3. The number of anilines is 1. The van der Waals surface area contributed by atoms with Crippen LogP contribution in [0.3, 0.4) is 0 Å². The van der Waals surface area contributed by atoms with Gasteiger partial charge in [-0.1, -0.05) is 6.07 Å². The molecule has 3 aromatic rings. The molecule has 0 radical (unpaired) electrons. The van der Waals surface area contributed by atoms with Crippen LogP contribution in [0.15, 0.2) is 48.8 Å². The van der Waals surface area contributed by atoms with E-state index in [1.54, 1.807) is 25.6 Å². The molecule has 0 atom stereocenters. The maximum Gasteiger partial charge on any atom is 0.338 e. The molecule has 0 saturated carbocycles. The van der Waals surface area contributed by atoms with Gasteiger partial charge in [0.2, 0.25) is 0 Å². The third-order valence-corrected chi connectivity index (χ3v) is 5.92. The van der Waals surface area contributed by atoms with Crippen molar-refractivity contribution in [1.82, 2.24) is 14.5 Å². The quantitative estimate of drug-likeness (QED) is 0.348. The van der Waals surface area contributed by atoms with Crippen molar-refractivity contribution in [1.29, 1.82) is 0 Å². The topological polar surface area (TPSA) is 86.1 Å². The van der Waals surface area contributed by atoms with Crippen LogP contribution in [0.1, 0.15) is 31.1 Å². The van der Waals surface area contributed by atoms with Crippen LogP contribution in [0.2, 0.25) is 0 Å². The van der Waals surface area contributed by atoms with Gasteiger partial charge in [-0.3, -0.25) is 14.3 Å². The zero-order valence-corrected chi connectivity index (χ0v) is 21.4. The summed E-state index contributed by atoms with van der Waals surface area (Å²) in [5.74, 6) is -0.576. The molecule has 1 aliphatic rings. The van der Waals surface area contributed by atoms with E-state index in [0.717, 1.165) is 48.6 Å². The van der Waals surface area contributed by atoms with E-state index < -0.39 is 11.6 Å². The molecule has 2 heterocycles. The number of benzene rings is 2. The van der Waals surface area contributed by atoms with Crippen molar-refractivity contribution in [2.24, 2.45) is 0 Å². The number of hydrogen-bond acceptors (Lipinski definition) is 8. The van der Waals surface area contributed by atoms with Gasteiger partial charge in [0.1, 0.15) is 18.5 Å². The summed E-state index contributed by atoms with van der Waals surface area (Å²) in [6, 6.07) is 13.7. The molecule has 1 aromatic heterocycles. The Bertz CT molecular complexity index is 1210. The number of carbonyl (C=O) groups is 2. The fraction of sp³-hybridized carbons (Fsp3) is 0.444. The Hall–Kier alpha value is -3.43. The Labute approximate surface area is 211 Å². The van der Waals surface area contributed by atoms with Crippen molar-refractivity contribution < 1.29 is 23.8 Å². The van der Waals surface area contributed by atoms with Crippen LogP contribution in [0.25, 0.3) is 16.7 Å². The summed E-state index contributed by atoms with van der Waals surface area (Å²) in [5, 5.41) is 0. The first-order chi connectivity index (χ1) is 17.2. The number of nitrogens with zero attached hydrogens (tertiary/aromatic N) is 4. The smallest absolute Gasteiger partial charge is 0.338 e. The van der Waals surface area contributed by atoms with E-state index in [2.05, 4.69) is 26.9 Å². The van der Waals surface area contributed by atoms with Gasteiger partial charge >= 0.3 is 11.9 Å². The van der Waals surface area contributed by atoms with Gasteiger partial charge in [0.05, 0.1) is 29.7 Å². The van der Waals surface area contributed by atoms with Crippen LogP contribution >= 0.6 is 0 Å². The summed E-state index contributed by atoms with van der Waals surface area (Å²) in [6.45, 7) is 9.78. The molecule has 0 spiro atoms. The average Bonchev–Trinajstić information content (AvgIpc) is 3.27. The van der Waals surface area contributed by atoms with Crippen molar-refractivity contribution in [3.05, 3.63) is 54.4 Å². The number of ether oxygens (including phenoxy) is 3. The number of aromatic nitrogens is 2. The van der Waals surface area contributed by atoms with E-state index in [-0.39, 0.29) is 12.6 Å². The van der Waals surface area contributed by atoms with Gasteiger partial charge in [0.15, 0.2) is 0 Å². The van der Waals surface area contributed by atoms with Crippen LogP contribution in [0, 0.1) is 0 Å². The number of fused-ring (bicyclic) bond motifs is 1. The predicted molar refractivity (Wildman–Crippen MR) is 138 cm³/mol. The van der Waals surface area contributed by atoms with Crippen LogP contribution in [-0.4, -0.2) is 85.0 Å². The predicted octanol–water partition coefficient (Wildman–Crippen LogP) is 3.29. The second-order valence-electron chi connectivity index (χ2n) is 9.82. The highest BCUT2D eigenvalue weighted by Gasteiger charge is 2.23. The van der Waals surface area contributed by atoms with Gasteiger partial charge in [0.25, 0.3) is 0 Å². The highest BCUT2D eigenvalue weighted by Crippen LogP contribution is 2.24. The largest absolute Gasteiger partial charge is 0.460 e. The maximum atomic E-state index is 12.3. The molecule has 1 saturated heterocycles. The minimum atomic E-state index is -0.466. The summed E-state index contributed by atoms with van der Waals surface area (Å²) in [5.41, 5.74) is 3.72. The highest BCUT2D eigenvalue weighted by atomic mass is 16.6. The lowest BCUT2D eigenvalue weighted by molar-refractivity contribution is -0.156. The van der Waals surface area contributed by atoms with E-state index in [4.69, 9.17) is 14.2 Å². The third-order valence-electron chi connectivity index (χ3n) is 5.92. The first kappa shape index (κ1) is 25.7. The molecule has 4 rings (SSSR count). The van der Waals surface area contributed by atoms with Gasteiger partial charge < -0.3 is 19.1 Å². The Morgan fingerprint density at radius 3 is 2.44 bits per heavy atom. The molecule has 0 aliphatic carbocycles. The van der Waals surface area contributed by atoms with Crippen molar-refractivity contribution in [3.63, 3.8) is 0 Å². The number of imidazole rings is 1. The van der Waals surface area contributed by atoms with Crippen LogP contribution < -0.4 is 4.90 Å². The average molecular weight is 495 g/mol. The number of esters is 2. The van der Waals surface area contributed by atoms with Gasteiger partial charge in [0, 0.05) is 44.7 Å². The number of hydrogen-bond donors (Lipinski definition) is 0. The molecule has 0 unspecified atom stereocenters. The lowest BCUT2D eigenvalue weighted by atomic mass is 10.2. The van der Waals surface area contributed by atoms with Crippen LogP contribution in [-0.2, 0) is 19.0 Å². The molecule has 9 nitrogen and oxygen atoms in total.